The first kappa shape index (κ1) is 17.7. The van der Waals surface area contributed by atoms with Gasteiger partial charge in [0.1, 0.15) is 0 Å². The summed E-state index contributed by atoms with van der Waals surface area (Å²) >= 11 is 0. The molecular formula is C18H27O3. The Morgan fingerprint density at radius 3 is 2.05 bits per heavy atom. The van der Waals surface area contributed by atoms with Crippen molar-refractivity contribution < 1.29 is 14.3 Å². The number of hydrogen-bond acceptors (Lipinski definition) is 3. The van der Waals surface area contributed by atoms with E-state index in [2.05, 4.69) is 35.1 Å². The fourth-order valence-corrected chi connectivity index (χ4v) is 2.23. The average molecular weight is 291 g/mol. The van der Waals surface area contributed by atoms with E-state index in [9.17, 15) is 4.79 Å². The molecule has 0 unspecified atom stereocenters. The molecule has 21 heavy (non-hydrogen) atoms. The van der Waals surface area contributed by atoms with Gasteiger partial charge in [0.2, 0.25) is 0 Å². The van der Waals surface area contributed by atoms with E-state index in [4.69, 9.17) is 4.74 Å². The molecule has 1 rings (SSSR count). The molecule has 3 nitrogen and oxygen atoms in total. The number of ether oxygens (including phenoxy) is 2. The first-order chi connectivity index (χ1) is 10.4. The Balaban J connectivity index is 1.76. The van der Waals surface area contributed by atoms with Crippen molar-refractivity contribution in [1.82, 2.24) is 0 Å². The summed E-state index contributed by atoms with van der Waals surface area (Å²) in [5.74, 6) is 0. The fourth-order valence-electron chi connectivity index (χ4n) is 2.23. The molecule has 0 saturated heterocycles. The van der Waals surface area contributed by atoms with Crippen LogP contribution in [-0.2, 0) is 20.7 Å². The summed E-state index contributed by atoms with van der Waals surface area (Å²) in [4.78, 5) is 9.80. The predicted molar refractivity (Wildman–Crippen MR) is 84.9 cm³/mol. The number of unbranched alkanes of at least 4 members (excludes halogenated alkanes) is 5. The van der Waals surface area contributed by atoms with E-state index in [-0.39, 0.29) is 0 Å². The maximum absolute atomic E-state index is 9.80. The minimum atomic E-state index is 0.492. The van der Waals surface area contributed by atoms with E-state index in [1.54, 1.807) is 0 Å². The molecule has 0 heterocycles. The number of aryl methyl sites for hydroxylation is 1. The summed E-state index contributed by atoms with van der Waals surface area (Å²) in [7, 11) is 0. The van der Waals surface area contributed by atoms with E-state index in [1.165, 1.54) is 31.3 Å². The summed E-state index contributed by atoms with van der Waals surface area (Å²) in [6.45, 7) is 3.65. The first-order valence-corrected chi connectivity index (χ1v) is 8.04. The normalized spacial score (nSPS) is 10.5. The van der Waals surface area contributed by atoms with E-state index >= 15 is 0 Å². The van der Waals surface area contributed by atoms with Gasteiger partial charge in [-0.05, 0) is 44.1 Å². The van der Waals surface area contributed by atoms with Gasteiger partial charge in [0, 0.05) is 13.2 Å². The highest BCUT2D eigenvalue weighted by atomic mass is 16.5. The van der Waals surface area contributed by atoms with Crippen LogP contribution in [-0.4, -0.2) is 26.3 Å². The van der Waals surface area contributed by atoms with Gasteiger partial charge >= 0.3 is 6.47 Å². The highest BCUT2D eigenvalue weighted by Gasteiger charge is 1.94. The number of hydrogen-bond donors (Lipinski definition) is 0. The lowest BCUT2D eigenvalue weighted by molar-refractivity contribution is 0.125. The zero-order valence-electron chi connectivity index (χ0n) is 12.9. The van der Waals surface area contributed by atoms with Crippen LogP contribution in [0.2, 0.25) is 0 Å². The van der Waals surface area contributed by atoms with Crippen molar-refractivity contribution in [2.24, 2.45) is 0 Å². The molecule has 1 aromatic rings. The van der Waals surface area contributed by atoms with Gasteiger partial charge in [-0.1, -0.05) is 43.2 Å². The molecule has 3 heteroatoms. The molecule has 1 radical (unpaired) electrons. The second-order valence-corrected chi connectivity index (χ2v) is 5.25. The fraction of sp³-hybridized carbons (Fsp3) is 0.611. The largest absolute Gasteiger partial charge is 0.457 e. The van der Waals surface area contributed by atoms with Crippen molar-refractivity contribution in [1.29, 1.82) is 0 Å². The smallest absolute Gasteiger partial charge is 0.417 e. The highest BCUT2D eigenvalue weighted by molar-refractivity contribution is 5.37. The van der Waals surface area contributed by atoms with E-state index in [0.717, 1.165) is 45.3 Å². The minimum Gasteiger partial charge on any atom is -0.457 e. The molecule has 1 aromatic carbocycles. The van der Waals surface area contributed by atoms with E-state index in [1.807, 2.05) is 0 Å². The van der Waals surface area contributed by atoms with Crippen molar-refractivity contribution >= 4 is 6.47 Å². The molecule has 0 amide bonds. The molecule has 0 N–H and O–H groups in total. The molecule has 0 fully saturated rings. The van der Waals surface area contributed by atoms with Crippen LogP contribution in [0, 0.1) is 0 Å². The second kappa shape index (κ2) is 13.6. The summed E-state index contributed by atoms with van der Waals surface area (Å²) in [5, 5.41) is 0. The summed E-state index contributed by atoms with van der Waals surface area (Å²) in [6.07, 6.45) is 9.02. The number of carbonyl (C=O) groups excluding carboxylic acids is 1. The van der Waals surface area contributed by atoms with Crippen LogP contribution in [0.15, 0.2) is 30.3 Å². The molecule has 0 aromatic heterocycles. The summed E-state index contributed by atoms with van der Waals surface area (Å²) in [6, 6.07) is 10.6. The van der Waals surface area contributed by atoms with Crippen LogP contribution in [0.3, 0.4) is 0 Å². The Kier molecular flexibility index (Phi) is 11.5. The maximum Gasteiger partial charge on any atom is 0.417 e. The van der Waals surface area contributed by atoms with Crippen LogP contribution in [0.4, 0.5) is 0 Å². The summed E-state index contributed by atoms with van der Waals surface area (Å²) < 4.78 is 10.1. The van der Waals surface area contributed by atoms with Crippen LogP contribution in [0.1, 0.15) is 50.5 Å². The van der Waals surface area contributed by atoms with Crippen LogP contribution in [0.25, 0.3) is 0 Å². The van der Waals surface area contributed by atoms with Gasteiger partial charge in [-0.25, -0.2) is 4.79 Å². The monoisotopic (exact) mass is 291 g/mol. The lowest BCUT2D eigenvalue weighted by Crippen LogP contribution is -1.98. The Morgan fingerprint density at radius 2 is 1.38 bits per heavy atom. The molecule has 0 bridgehead atoms. The lowest BCUT2D eigenvalue weighted by Gasteiger charge is -2.05. The third-order valence-corrected chi connectivity index (χ3v) is 3.44. The average Bonchev–Trinajstić information content (AvgIpc) is 2.53. The second-order valence-electron chi connectivity index (χ2n) is 5.25. The van der Waals surface area contributed by atoms with Crippen molar-refractivity contribution in [2.45, 2.75) is 51.4 Å². The van der Waals surface area contributed by atoms with Crippen molar-refractivity contribution in [2.75, 3.05) is 19.8 Å². The lowest BCUT2D eigenvalue weighted by atomic mass is 10.1. The predicted octanol–water partition coefficient (Wildman–Crippen LogP) is 4.06. The van der Waals surface area contributed by atoms with Gasteiger partial charge < -0.3 is 9.47 Å². The number of benzene rings is 1. The molecule has 0 atom stereocenters. The zero-order chi connectivity index (χ0) is 15.0. The Labute approximate surface area is 128 Å². The first-order valence-electron chi connectivity index (χ1n) is 8.04. The molecular weight excluding hydrogens is 264 g/mol. The van der Waals surface area contributed by atoms with Crippen LogP contribution >= 0.6 is 0 Å². The molecule has 0 saturated carbocycles. The van der Waals surface area contributed by atoms with Crippen molar-refractivity contribution in [3.05, 3.63) is 35.9 Å². The molecule has 0 aliphatic heterocycles. The molecule has 0 spiro atoms. The molecule has 117 valence electrons. The van der Waals surface area contributed by atoms with E-state index < -0.39 is 0 Å². The Morgan fingerprint density at radius 1 is 0.762 bits per heavy atom. The Hall–Kier alpha value is -1.35. The van der Waals surface area contributed by atoms with E-state index in [0.29, 0.717) is 6.61 Å². The van der Waals surface area contributed by atoms with Gasteiger partial charge in [-0.15, -0.1) is 0 Å². The van der Waals surface area contributed by atoms with Gasteiger partial charge in [0.15, 0.2) is 0 Å². The minimum absolute atomic E-state index is 0.492. The third-order valence-electron chi connectivity index (χ3n) is 3.44. The van der Waals surface area contributed by atoms with Crippen molar-refractivity contribution in [3.63, 3.8) is 0 Å². The van der Waals surface area contributed by atoms with Gasteiger partial charge in [0.05, 0.1) is 6.61 Å². The van der Waals surface area contributed by atoms with Crippen LogP contribution < -0.4 is 0 Å². The SMILES string of the molecule is O=[C]OCCCCCCOCCCCCc1ccccc1. The van der Waals surface area contributed by atoms with Crippen LogP contribution in [0.5, 0.6) is 0 Å². The zero-order valence-corrected chi connectivity index (χ0v) is 12.9. The highest BCUT2D eigenvalue weighted by Crippen LogP contribution is 2.06. The van der Waals surface area contributed by atoms with Gasteiger partial charge in [-0.3, -0.25) is 0 Å². The standard InChI is InChI=1S/C18H27O3/c19-17-21-16-9-2-1-8-14-20-15-10-4-7-13-18-11-5-3-6-12-18/h3,5-6,11-12H,1-2,4,7-10,13-16H2. The number of rotatable bonds is 14. The third kappa shape index (κ3) is 11.0. The quantitative estimate of drug-likeness (QED) is 0.485. The van der Waals surface area contributed by atoms with Crippen molar-refractivity contribution in [3.8, 4) is 0 Å². The van der Waals surface area contributed by atoms with Gasteiger partial charge in [-0.2, -0.15) is 0 Å². The van der Waals surface area contributed by atoms with Gasteiger partial charge in [0.25, 0.3) is 0 Å². The molecule has 0 aliphatic rings. The molecule has 0 aliphatic carbocycles. The Bertz CT molecular complexity index is 338. The summed E-state index contributed by atoms with van der Waals surface area (Å²) in [5.41, 5.74) is 1.43. The topological polar surface area (TPSA) is 35.5 Å². The maximum atomic E-state index is 9.80.